The lowest BCUT2D eigenvalue weighted by molar-refractivity contribution is 0.110. The predicted molar refractivity (Wildman–Crippen MR) is 42.8 cm³/mol. The molecule has 1 rings (SSSR count). The van der Waals surface area contributed by atoms with E-state index in [1.807, 2.05) is 0 Å². The first-order chi connectivity index (χ1) is 4.51. The second-order valence-corrected chi connectivity index (χ2v) is 4.04. The maximum absolute atomic E-state index is 9.41. The lowest BCUT2D eigenvalue weighted by Gasteiger charge is -2.33. The highest BCUT2D eigenvalue weighted by Gasteiger charge is 2.28. The Bertz CT molecular complexity index is 147. The van der Waals surface area contributed by atoms with Gasteiger partial charge in [-0.3, -0.25) is 0 Å². The minimum absolute atomic E-state index is 0.247. The molecule has 0 amide bonds. The summed E-state index contributed by atoms with van der Waals surface area (Å²) >= 11 is 0. The molecule has 1 nitrogen and oxygen atoms in total. The summed E-state index contributed by atoms with van der Waals surface area (Å²) in [5, 5.41) is 9.41. The Hall–Kier alpha value is -0.300. The van der Waals surface area contributed by atoms with E-state index in [0.29, 0.717) is 5.41 Å². The van der Waals surface area contributed by atoms with Crippen LogP contribution in [0.5, 0.6) is 0 Å². The molecule has 58 valence electrons. The van der Waals surface area contributed by atoms with Crippen molar-refractivity contribution in [2.75, 3.05) is 0 Å². The van der Waals surface area contributed by atoms with Gasteiger partial charge in [-0.15, -0.1) is 0 Å². The first-order valence-corrected chi connectivity index (χ1v) is 3.87. The fourth-order valence-corrected chi connectivity index (χ4v) is 1.44. The largest absolute Gasteiger partial charge is 0.389 e. The van der Waals surface area contributed by atoms with E-state index in [0.717, 1.165) is 18.4 Å². The Labute approximate surface area is 62.8 Å². The van der Waals surface area contributed by atoms with E-state index in [1.54, 1.807) is 0 Å². The molecule has 10 heavy (non-hydrogen) atoms. The molecule has 0 aromatic carbocycles. The summed E-state index contributed by atoms with van der Waals surface area (Å²) in [7, 11) is 0. The Morgan fingerprint density at radius 3 is 2.60 bits per heavy atom. The Morgan fingerprint density at radius 2 is 2.20 bits per heavy atom. The van der Waals surface area contributed by atoms with Crippen LogP contribution in [0, 0.1) is 5.41 Å². The van der Waals surface area contributed by atoms with Gasteiger partial charge in [-0.25, -0.2) is 0 Å². The average Bonchev–Trinajstić information content (AvgIpc) is 1.79. The first kappa shape index (κ1) is 7.80. The van der Waals surface area contributed by atoms with Crippen LogP contribution in [0.4, 0.5) is 0 Å². The monoisotopic (exact) mass is 140 g/mol. The standard InChI is InChI=1S/C9H16O/c1-7-4-5-9(2,3)6-8(7)10/h8,10H,1,4-6H2,2-3H3. The topological polar surface area (TPSA) is 20.2 Å². The normalized spacial score (nSPS) is 32.3. The van der Waals surface area contributed by atoms with Crippen molar-refractivity contribution >= 4 is 0 Å². The molecule has 1 atom stereocenters. The zero-order valence-corrected chi connectivity index (χ0v) is 6.85. The molecule has 1 heteroatoms. The highest BCUT2D eigenvalue weighted by atomic mass is 16.3. The summed E-state index contributed by atoms with van der Waals surface area (Å²) in [4.78, 5) is 0. The second kappa shape index (κ2) is 2.39. The van der Waals surface area contributed by atoms with Crippen molar-refractivity contribution in [1.82, 2.24) is 0 Å². The molecule has 0 aromatic heterocycles. The Balaban J connectivity index is 2.57. The molecule has 0 saturated heterocycles. The van der Waals surface area contributed by atoms with Crippen molar-refractivity contribution in [3.63, 3.8) is 0 Å². The third-order valence-electron chi connectivity index (χ3n) is 2.34. The fraction of sp³-hybridized carbons (Fsp3) is 0.778. The van der Waals surface area contributed by atoms with Crippen molar-refractivity contribution in [2.45, 2.75) is 39.2 Å². The highest BCUT2D eigenvalue weighted by molar-refractivity contribution is 5.07. The number of hydrogen-bond acceptors (Lipinski definition) is 1. The van der Waals surface area contributed by atoms with Crippen LogP contribution in [0.15, 0.2) is 12.2 Å². The van der Waals surface area contributed by atoms with Crippen molar-refractivity contribution in [3.05, 3.63) is 12.2 Å². The molecule has 0 aliphatic heterocycles. The molecule has 1 aliphatic carbocycles. The van der Waals surface area contributed by atoms with Gasteiger partial charge in [0.15, 0.2) is 0 Å². The van der Waals surface area contributed by atoms with Crippen molar-refractivity contribution < 1.29 is 5.11 Å². The quantitative estimate of drug-likeness (QED) is 0.511. The molecule has 1 saturated carbocycles. The predicted octanol–water partition coefficient (Wildman–Crippen LogP) is 2.11. The van der Waals surface area contributed by atoms with Gasteiger partial charge in [0.25, 0.3) is 0 Å². The number of aliphatic hydroxyl groups is 1. The zero-order valence-electron chi connectivity index (χ0n) is 6.85. The van der Waals surface area contributed by atoms with Crippen molar-refractivity contribution in [2.24, 2.45) is 5.41 Å². The molecule has 0 heterocycles. The van der Waals surface area contributed by atoms with Crippen molar-refractivity contribution in [1.29, 1.82) is 0 Å². The molecule has 1 fully saturated rings. The lowest BCUT2D eigenvalue weighted by atomic mass is 9.74. The van der Waals surface area contributed by atoms with Crippen LogP contribution < -0.4 is 0 Å². The summed E-state index contributed by atoms with van der Waals surface area (Å²) in [6.07, 6.45) is 2.80. The summed E-state index contributed by atoms with van der Waals surface area (Å²) in [6.45, 7) is 8.20. The molecule has 1 unspecified atom stereocenters. The molecular formula is C9H16O. The van der Waals surface area contributed by atoms with Gasteiger partial charge in [-0.1, -0.05) is 20.4 Å². The van der Waals surface area contributed by atoms with Crippen LogP contribution in [0.1, 0.15) is 33.1 Å². The van der Waals surface area contributed by atoms with E-state index in [4.69, 9.17) is 0 Å². The minimum Gasteiger partial charge on any atom is -0.389 e. The molecule has 1 N–H and O–H groups in total. The van der Waals surface area contributed by atoms with Gasteiger partial charge < -0.3 is 5.11 Å². The first-order valence-electron chi connectivity index (χ1n) is 3.87. The van der Waals surface area contributed by atoms with E-state index >= 15 is 0 Å². The number of aliphatic hydroxyl groups excluding tert-OH is 1. The van der Waals surface area contributed by atoms with Crippen LogP contribution >= 0.6 is 0 Å². The van der Waals surface area contributed by atoms with Gasteiger partial charge in [-0.05, 0) is 30.3 Å². The van der Waals surface area contributed by atoms with Crippen molar-refractivity contribution in [3.8, 4) is 0 Å². The SMILES string of the molecule is C=C1CCC(C)(C)CC1O. The van der Waals surface area contributed by atoms with Crippen LogP contribution in [-0.2, 0) is 0 Å². The maximum atomic E-state index is 9.41. The summed E-state index contributed by atoms with van der Waals surface area (Å²) in [6, 6.07) is 0. The smallest absolute Gasteiger partial charge is 0.0752 e. The highest BCUT2D eigenvalue weighted by Crippen LogP contribution is 2.36. The number of rotatable bonds is 0. The minimum atomic E-state index is -0.247. The molecule has 0 spiro atoms. The molecule has 0 bridgehead atoms. The van der Waals surface area contributed by atoms with Crippen LogP contribution in [0.25, 0.3) is 0 Å². The van der Waals surface area contributed by atoms with E-state index in [9.17, 15) is 5.11 Å². The van der Waals surface area contributed by atoms with Gasteiger partial charge in [0, 0.05) is 0 Å². The van der Waals surface area contributed by atoms with Crippen LogP contribution in [0.2, 0.25) is 0 Å². The van der Waals surface area contributed by atoms with Gasteiger partial charge in [0.1, 0.15) is 0 Å². The Kier molecular flexibility index (Phi) is 1.86. The summed E-state index contributed by atoms with van der Waals surface area (Å²) in [5.41, 5.74) is 1.33. The Morgan fingerprint density at radius 1 is 1.60 bits per heavy atom. The molecular weight excluding hydrogens is 124 g/mol. The van der Waals surface area contributed by atoms with Gasteiger partial charge in [0.2, 0.25) is 0 Å². The van der Waals surface area contributed by atoms with Gasteiger partial charge in [0.05, 0.1) is 6.10 Å². The summed E-state index contributed by atoms with van der Waals surface area (Å²) < 4.78 is 0. The van der Waals surface area contributed by atoms with Crippen LogP contribution in [0.3, 0.4) is 0 Å². The van der Waals surface area contributed by atoms with Crippen LogP contribution in [-0.4, -0.2) is 11.2 Å². The molecule has 1 aliphatic rings. The number of hydrogen-bond donors (Lipinski definition) is 1. The third-order valence-corrected chi connectivity index (χ3v) is 2.34. The zero-order chi connectivity index (χ0) is 7.78. The van der Waals surface area contributed by atoms with E-state index in [-0.39, 0.29) is 6.10 Å². The third kappa shape index (κ3) is 1.60. The molecule has 0 aromatic rings. The maximum Gasteiger partial charge on any atom is 0.0752 e. The average molecular weight is 140 g/mol. The fourth-order valence-electron chi connectivity index (χ4n) is 1.44. The lowest BCUT2D eigenvalue weighted by Crippen LogP contribution is -2.27. The van der Waals surface area contributed by atoms with Gasteiger partial charge in [-0.2, -0.15) is 0 Å². The van der Waals surface area contributed by atoms with E-state index in [2.05, 4.69) is 20.4 Å². The van der Waals surface area contributed by atoms with E-state index in [1.165, 1.54) is 6.42 Å². The summed E-state index contributed by atoms with van der Waals surface area (Å²) in [5.74, 6) is 0. The van der Waals surface area contributed by atoms with Gasteiger partial charge >= 0.3 is 0 Å². The molecule has 0 radical (unpaired) electrons. The van der Waals surface area contributed by atoms with E-state index < -0.39 is 0 Å². The second-order valence-electron chi connectivity index (χ2n) is 4.04.